The minimum atomic E-state index is -0.896. The van der Waals surface area contributed by atoms with E-state index in [0.29, 0.717) is 12.0 Å². The Morgan fingerprint density at radius 3 is 2.70 bits per heavy atom. The number of fused-ring (bicyclic) bond motifs is 1. The lowest BCUT2D eigenvalue weighted by molar-refractivity contribution is 0.149. The minimum Gasteiger partial charge on any atom is -0.388 e. The molecule has 1 aliphatic rings. The zero-order valence-electron chi connectivity index (χ0n) is 11.2. The summed E-state index contributed by atoms with van der Waals surface area (Å²) in [6.45, 7) is 1.57. The smallest absolute Gasteiger partial charge is 0.131 e. The molecule has 0 saturated heterocycles. The van der Waals surface area contributed by atoms with Crippen molar-refractivity contribution in [2.24, 2.45) is 0 Å². The van der Waals surface area contributed by atoms with Gasteiger partial charge in [0.1, 0.15) is 11.6 Å². The van der Waals surface area contributed by atoms with Gasteiger partial charge in [0.2, 0.25) is 0 Å². The van der Waals surface area contributed by atoms with Crippen LogP contribution >= 0.6 is 0 Å². The van der Waals surface area contributed by atoms with E-state index in [9.17, 15) is 13.9 Å². The van der Waals surface area contributed by atoms with Gasteiger partial charge in [0.25, 0.3) is 0 Å². The molecule has 104 valence electrons. The van der Waals surface area contributed by atoms with Crippen molar-refractivity contribution in [3.8, 4) is 0 Å². The quantitative estimate of drug-likeness (QED) is 0.895. The summed E-state index contributed by atoms with van der Waals surface area (Å²) in [6, 6.07) is 10.3. The number of hydrogen-bond acceptors (Lipinski definition) is 1. The highest BCUT2D eigenvalue weighted by molar-refractivity contribution is 5.40. The number of aliphatic hydroxyl groups is 1. The monoisotopic (exact) mass is 274 g/mol. The van der Waals surface area contributed by atoms with Crippen molar-refractivity contribution in [1.29, 1.82) is 0 Å². The standard InChI is InChI=1S/C17H16F2O/c1-10-6-14(16(19)9-15(10)18)17(20)8-12-7-11-4-2-3-5-13(11)12/h2-6,9,12,17,20H,7-8H2,1H3. The molecular formula is C17H16F2O. The SMILES string of the molecule is Cc1cc(C(O)CC2Cc3ccccc32)c(F)cc1F. The summed E-state index contributed by atoms with van der Waals surface area (Å²) < 4.78 is 27.0. The van der Waals surface area contributed by atoms with E-state index in [1.54, 1.807) is 6.92 Å². The second kappa shape index (κ2) is 4.98. The van der Waals surface area contributed by atoms with Gasteiger partial charge < -0.3 is 5.11 Å². The average Bonchev–Trinajstić information content (AvgIpc) is 2.40. The van der Waals surface area contributed by atoms with Crippen LogP contribution in [-0.4, -0.2) is 5.11 Å². The van der Waals surface area contributed by atoms with E-state index < -0.39 is 17.7 Å². The normalized spacial score (nSPS) is 18.3. The second-order valence-corrected chi connectivity index (χ2v) is 5.47. The highest BCUT2D eigenvalue weighted by Gasteiger charge is 2.29. The van der Waals surface area contributed by atoms with Gasteiger partial charge in [-0.15, -0.1) is 0 Å². The fraction of sp³-hybridized carbons (Fsp3) is 0.294. The summed E-state index contributed by atoms with van der Waals surface area (Å²) in [7, 11) is 0. The fourth-order valence-electron chi connectivity index (χ4n) is 2.90. The van der Waals surface area contributed by atoms with Gasteiger partial charge in [-0.25, -0.2) is 8.78 Å². The summed E-state index contributed by atoms with van der Waals surface area (Å²) in [6.07, 6.45) is 0.487. The molecule has 3 heteroatoms. The number of hydrogen-bond donors (Lipinski definition) is 1. The third-order valence-corrected chi connectivity index (χ3v) is 4.11. The van der Waals surface area contributed by atoms with Gasteiger partial charge in [-0.2, -0.15) is 0 Å². The summed E-state index contributed by atoms with van der Waals surface area (Å²) in [5, 5.41) is 10.2. The molecule has 0 saturated carbocycles. The Morgan fingerprint density at radius 1 is 1.20 bits per heavy atom. The van der Waals surface area contributed by atoms with Crippen LogP contribution < -0.4 is 0 Å². The Kier molecular flexibility index (Phi) is 3.30. The molecule has 2 unspecified atom stereocenters. The molecule has 0 bridgehead atoms. The van der Waals surface area contributed by atoms with E-state index >= 15 is 0 Å². The van der Waals surface area contributed by atoms with Crippen LogP contribution in [0.2, 0.25) is 0 Å². The van der Waals surface area contributed by atoms with Gasteiger partial charge in [0.15, 0.2) is 0 Å². The van der Waals surface area contributed by atoms with Gasteiger partial charge in [0, 0.05) is 11.6 Å². The number of aliphatic hydroxyl groups excluding tert-OH is 1. The molecule has 1 N–H and O–H groups in total. The van der Waals surface area contributed by atoms with Gasteiger partial charge in [0.05, 0.1) is 6.10 Å². The third kappa shape index (κ3) is 2.22. The van der Waals surface area contributed by atoms with Crippen molar-refractivity contribution >= 4 is 0 Å². The first-order valence-corrected chi connectivity index (χ1v) is 6.77. The van der Waals surface area contributed by atoms with Crippen LogP contribution in [0.4, 0.5) is 8.78 Å². The molecular weight excluding hydrogens is 258 g/mol. The maximum Gasteiger partial charge on any atom is 0.131 e. The highest BCUT2D eigenvalue weighted by Crippen LogP contribution is 2.41. The first kappa shape index (κ1) is 13.3. The van der Waals surface area contributed by atoms with Crippen LogP contribution in [0.5, 0.6) is 0 Å². The summed E-state index contributed by atoms with van der Waals surface area (Å²) in [5.74, 6) is -0.994. The maximum atomic E-state index is 13.7. The van der Waals surface area contributed by atoms with E-state index in [4.69, 9.17) is 0 Å². The topological polar surface area (TPSA) is 20.2 Å². The van der Waals surface area contributed by atoms with Gasteiger partial charge in [-0.1, -0.05) is 24.3 Å². The maximum absolute atomic E-state index is 13.7. The zero-order chi connectivity index (χ0) is 14.3. The largest absolute Gasteiger partial charge is 0.388 e. The van der Waals surface area contributed by atoms with Crippen LogP contribution in [-0.2, 0) is 6.42 Å². The van der Waals surface area contributed by atoms with Gasteiger partial charge in [-0.05, 0) is 48.4 Å². The van der Waals surface area contributed by atoms with E-state index in [1.165, 1.54) is 17.2 Å². The average molecular weight is 274 g/mol. The molecule has 0 fully saturated rings. The number of halogens is 2. The molecule has 0 aliphatic heterocycles. The Hall–Kier alpha value is -1.74. The van der Waals surface area contributed by atoms with Gasteiger partial charge in [-0.3, -0.25) is 0 Å². The third-order valence-electron chi connectivity index (χ3n) is 4.11. The number of rotatable bonds is 3. The molecule has 0 spiro atoms. The van der Waals surface area contributed by atoms with Gasteiger partial charge >= 0.3 is 0 Å². The highest BCUT2D eigenvalue weighted by atomic mass is 19.1. The first-order valence-electron chi connectivity index (χ1n) is 6.77. The molecule has 0 aromatic heterocycles. The predicted molar refractivity (Wildman–Crippen MR) is 73.6 cm³/mol. The molecule has 0 radical (unpaired) electrons. The first-order chi connectivity index (χ1) is 9.56. The minimum absolute atomic E-state index is 0.188. The molecule has 0 heterocycles. The van der Waals surface area contributed by atoms with E-state index in [1.807, 2.05) is 18.2 Å². The van der Waals surface area contributed by atoms with Crippen molar-refractivity contribution in [3.63, 3.8) is 0 Å². The molecule has 2 atom stereocenters. The molecule has 2 aromatic rings. The zero-order valence-corrected chi connectivity index (χ0v) is 11.2. The lowest BCUT2D eigenvalue weighted by Gasteiger charge is -2.31. The number of aryl methyl sites for hydroxylation is 1. The molecule has 3 rings (SSSR count). The fourth-order valence-corrected chi connectivity index (χ4v) is 2.90. The van der Waals surface area contributed by atoms with Crippen molar-refractivity contribution in [2.45, 2.75) is 31.8 Å². The Balaban J connectivity index is 1.78. The Morgan fingerprint density at radius 2 is 1.95 bits per heavy atom. The van der Waals surface area contributed by atoms with Crippen molar-refractivity contribution in [3.05, 3.63) is 70.3 Å². The summed E-state index contributed by atoms with van der Waals surface area (Å²) >= 11 is 0. The van der Waals surface area contributed by atoms with Crippen molar-refractivity contribution in [2.75, 3.05) is 0 Å². The lowest BCUT2D eigenvalue weighted by Crippen LogP contribution is -2.19. The molecule has 1 aliphatic carbocycles. The molecule has 20 heavy (non-hydrogen) atoms. The molecule has 1 nitrogen and oxygen atoms in total. The van der Waals surface area contributed by atoms with Crippen molar-refractivity contribution < 1.29 is 13.9 Å². The van der Waals surface area contributed by atoms with Crippen LogP contribution in [0.15, 0.2) is 36.4 Å². The molecule has 2 aromatic carbocycles. The van der Waals surface area contributed by atoms with Crippen molar-refractivity contribution in [1.82, 2.24) is 0 Å². The van der Waals surface area contributed by atoms with E-state index in [2.05, 4.69) is 6.07 Å². The summed E-state index contributed by atoms with van der Waals surface area (Å²) in [4.78, 5) is 0. The number of benzene rings is 2. The van der Waals surface area contributed by atoms with Crippen LogP contribution in [0, 0.1) is 18.6 Å². The van der Waals surface area contributed by atoms with Crippen LogP contribution in [0.1, 0.15) is 40.7 Å². The Bertz CT molecular complexity index is 651. The van der Waals surface area contributed by atoms with E-state index in [-0.39, 0.29) is 11.5 Å². The second-order valence-electron chi connectivity index (χ2n) is 5.47. The predicted octanol–water partition coefficient (Wildman–Crippen LogP) is 4.04. The van der Waals surface area contributed by atoms with Crippen LogP contribution in [0.3, 0.4) is 0 Å². The Labute approximate surface area is 116 Å². The lowest BCUT2D eigenvalue weighted by atomic mass is 9.74. The summed E-state index contributed by atoms with van der Waals surface area (Å²) in [5.41, 5.74) is 3.06. The molecule has 0 amide bonds. The van der Waals surface area contributed by atoms with E-state index in [0.717, 1.165) is 12.5 Å². The van der Waals surface area contributed by atoms with Crippen LogP contribution in [0.25, 0.3) is 0 Å².